The third-order valence-corrected chi connectivity index (χ3v) is 5.04. The third kappa shape index (κ3) is 5.91. The Labute approximate surface area is 165 Å². The van der Waals surface area contributed by atoms with Gasteiger partial charge in [-0.3, -0.25) is 14.4 Å². The predicted octanol–water partition coefficient (Wildman–Crippen LogP) is 3.40. The lowest BCUT2D eigenvalue weighted by Gasteiger charge is -2.17. The number of hydrogen-bond acceptors (Lipinski definition) is 5. The van der Waals surface area contributed by atoms with Crippen LogP contribution >= 0.6 is 11.3 Å². The van der Waals surface area contributed by atoms with Gasteiger partial charge in [0.2, 0.25) is 11.8 Å². The minimum absolute atomic E-state index is 0.142. The van der Waals surface area contributed by atoms with E-state index in [-0.39, 0.29) is 22.9 Å². The van der Waals surface area contributed by atoms with Crippen molar-refractivity contribution in [1.82, 2.24) is 10.3 Å². The van der Waals surface area contributed by atoms with Crippen molar-refractivity contribution < 1.29 is 23.2 Å². The fourth-order valence-electron chi connectivity index (χ4n) is 2.67. The monoisotopic (exact) mass is 409 g/mol. The maximum absolute atomic E-state index is 13.3. The van der Waals surface area contributed by atoms with Gasteiger partial charge in [-0.05, 0) is 31.0 Å². The topological polar surface area (TPSA) is 88.2 Å². The Kier molecular flexibility index (Phi) is 7.33. The number of ketones is 1. The zero-order valence-corrected chi connectivity index (χ0v) is 16.6. The molecular weight excluding hydrogens is 388 g/mol. The molecule has 0 saturated carbocycles. The van der Waals surface area contributed by atoms with Gasteiger partial charge in [0, 0.05) is 13.0 Å². The predicted molar refractivity (Wildman–Crippen MR) is 102 cm³/mol. The fraction of sp³-hybridized carbons (Fsp3) is 0.368. The van der Waals surface area contributed by atoms with Crippen molar-refractivity contribution in [3.8, 4) is 0 Å². The highest BCUT2D eigenvalue weighted by molar-refractivity contribution is 7.17. The Hall–Kier alpha value is -2.68. The van der Waals surface area contributed by atoms with Gasteiger partial charge in [0.25, 0.3) is 0 Å². The summed E-state index contributed by atoms with van der Waals surface area (Å²) in [6.07, 6.45) is 0.745. The molecule has 0 saturated heterocycles. The van der Waals surface area contributed by atoms with Gasteiger partial charge in [-0.1, -0.05) is 24.7 Å². The van der Waals surface area contributed by atoms with Crippen LogP contribution in [-0.4, -0.2) is 28.6 Å². The van der Waals surface area contributed by atoms with E-state index in [4.69, 9.17) is 0 Å². The summed E-state index contributed by atoms with van der Waals surface area (Å²) in [4.78, 5) is 40.9. The Morgan fingerprint density at radius 2 is 1.82 bits per heavy atom. The molecule has 0 aliphatic heterocycles. The SMILES string of the molecule is CCC[C@H](NC(=O)Cc1cc(F)cc(F)c1)C(=O)Nc1nc(C)c(C(C)=O)s1. The van der Waals surface area contributed by atoms with Crippen LogP contribution in [0.25, 0.3) is 0 Å². The molecule has 2 aromatic rings. The number of benzene rings is 1. The molecule has 28 heavy (non-hydrogen) atoms. The van der Waals surface area contributed by atoms with Gasteiger partial charge in [0.05, 0.1) is 17.0 Å². The molecule has 0 aliphatic carbocycles. The smallest absolute Gasteiger partial charge is 0.248 e. The minimum atomic E-state index is -0.833. The van der Waals surface area contributed by atoms with E-state index in [2.05, 4.69) is 15.6 Å². The number of carbonyl (C=O) groups is 3. The van der Waals surface area contributed by atoms with Crippen LogP contribution in [0.3, 0.4) is 0 Å². The normalized spacial score (nSPS) is 11.8. The van der Waals surface area contributed by atoms with Crippen LogP contribution in [0.2, 0.25) is 0 Å². The lowest BCUT2D eigenvalue weighted by Crippen LogP contribution is -2.44. The number of halogens is 2. The molecule has 9 heteroatoms. The molecule has 0 bridgehead atoms. The average molecular weight is 409 g/mol. The first kappa shape index (κ1) is 21.6. The Balaban J connectivity index is 2.04. The average Bonchev–Trinajstić information content (AvgIpc) is 2.94. The molecule has 1 aromatic carbocycles. The first-order valence-corrected chi connectivity index (χ1v) is 9.54. The molecule has 0 spiro atoms. The summed E-state index contributed by atoms with van der Waals surface area (Å²) in [5.41, 5.74) is 0.698. The number of Topliss-reactive ketones (excluding diaryl/α,β-unsaturated/α-hetero) is 1. The summed E-state index contributed by atoms with van der Waals surface area (Å²) >= 11 is 1.07. The molecule has 0 fully saturated rings. The standard InChI is InChI=1S/C19H21F2N3O3S/c1-4-5-15(18(27)24-19-22-10(2)17(28-19)11(3)25)23-16(26)8-12-6-13(20)9-14(21)7-12/h6-7,9,15H,4-5,8H2,1-3H3,(H,23,26)(H,22,24,27)/t15-/m0/s1. The van der Waals surface area contributed by atoms with Gasteiger partial charge in [-0.15, -0.1) is 0 Å². The number of nitrogens with one attached hydrogen (secondary N) is 2. The van der Waals surface area contributed by atoms with Gasteiger partial charge in [0.15, 0.2) is 10.9 Å². The van der Waals surface area contributed by atoms with Crippen molar-refractivity contribution in [1.29, 1.82) is 0 Å². The highest BCUT2D eigenvalue weighted by Gasteiger charge is 2.22. The van der Waals surface area contributed by atoms with Gasteiger partial charge in [-0.2, -0.15) is 0 Å². The van der Waals surface area contributed by atoms with E-state index in [1.807, 2.05) is 6.92 Å². The van der Waals surface area contributed by atoms with E-state index in [0.29, 0.717) is 23.4 Å². The van der Waals surface area contributed by atoms with E-state index >= 15 is 0 Å². The van der Waals surface area contributed by atoms with Crippen LogP contribution in [0.15, 0.2) is 18.2 Å². The van der Waals surface area contributed by atoms with E-state index in [9.17, 15) is 23.2 Å². The molecule has 2 N–H and O–H groups in total. The number of hydrogen-bond donors (Lipinski definition) is 2. The molecule has 0 unspecified atom stereocenters. The largest absolute Gasteiger partial charge is 0.344 e. The quantitative estimate of drug-likeness (QED) is 0.654. The number of amides is 2. The Morgan fingerprint density at radius 1 is 1.18 bits per heavy atom. The van der Waals surface area contributed by atoms with Gasteiger partial charge < -0.3 is 10.6 Å². The van der Waals surface area contributed by atoms with Crippen molar-refractivity contribution in [2.24, 2.45) is 0 Å². The van der Waals surface area contributed by atoms with Crippen molar-refractivity contribution in [3.05, 3.63) is 46.0 Å². The van der Waals surface area contributed by atoms with E-state index < -0.39 is 29.5 Å². The molecular formula is C19H21F2N3O3S. The zero-order chi connectivity index (χ0) is 20.8. The van der Waals surface area contributed by atoms with E-state index in [1.165, 1.54) is 6.92 Å². The van der Waals surface area contributed by atoms with Crippen LogP contribution in [0.4, 0.5) is 13.9 Å². The minimum Gasteiger partial charge on any atom is -0.344 e. The van der Waals surface area contributed by atoms with Crippen LogP contribution < -0.4 is 10.6 Å². The van der Waals surface area contributed by atoms with Gasteiger partial charge >= 0.3 is 0 Å². The zero-order valence-electron chi connectivity index (χ0n) is 15.8. The van der Waals surface area contributed by atoms with Gasteiger partial charge in [-0.25, -0.2) is 13.8 Å². The second kappa shape index (κ2) is 9.50. The molecule has 1 atom stereocenters. The number of anilines is 1. The molecule has 6 nitrogen and oxygen atoms in total. The molecule has 0 aliphatic rings. The van der Waals surface area contributed by atoms with Crippen molar-refractivity contribution in [2.75, 3.05) is 5.32 Å². The lowest BCUT2D eigenvalue weighted by molar-refractivity contribution is -0.126. The maximum Gasteiger partial charge on any atom is 0.248 e. The highest BCUT2D eigenvalue weighted by Crippen LogP contribution is 2.23. The number of aromatic nitrogens is 1. The van der Waals surface area contributed by atoms with E-state index in [0.717, 1.165) is 29.5 Å². The van der Waals surface area contributed by atoms with Crippen molar-refractivity contribution in [2.45, 2.75) is 46.1 Å². The van der Waals surface area contributed by atoms with Crippen molar-refractivity contribution in [3.63, 3.8) is 0 Å². The number of nitrogens with zero attached hydrogens (tertiary/aromatic N) is 1. The summed E-state index contributed by atoms with van der Waals surface area (Å²) in [5.74, 6) is -2.68. The Morgan fingerprint density at radius 3 is 2.36 bits per heavy atom. The van der Waals surface area contributed by atoms with Crippen LogP contribution in [0.5, 0.6) is 0 Å². The Bertz CT molecular complexity index is 878. The molecule has 2 amide bonds. The molecule has 1 aromatic heterocycles. The lowest BCUT2D eigenvalue weighted by atomic mass is 10.1. The first-order valence-electron chi connectivity index (χ1n) is 8.73. The molecule has 2 rings (SSSR count). The number of rotatable bonds is 8. The van der Waals surface area contributed by atoms with Crippen LogP contribution in [-0.2, 0) is 16.0 Å². The fourth-order valence-corrected chi connectivity index (χ4v) is 3.53. The second-order valence-corrected chi connectivity index (χ2v) is 7.34. The third-order valence-electron chi connectivity index (χ3n) is 3.86. The maximum atomic E-state index is 13.3. The van der Waals surface area contributed by atoms with E-state index in [1.54, 1.807) is 6.92 Å². The number of aryl methyl sites for hydroxylation is 1. The van der Waals surface area contributed by atoms with Gasteiger partial charge in [0.1, 0.15) is 17.7 Å². The van der Waals surface area contributed by atoms with Crippen LogP contribution in [0.1, 0.15) is 47.6 Å². The molecule has 0 radical (unpaired) electrons. The highest BCUT2D eigenvalue weighted by atomic mass is 32.1. The second-order valence-electron chi connectivity index (χ2n) is 6.34. The van der Waals surface area contributed by atoms with Crippen LogP contribution in [0, 0.1) is 18.6 Å². The number of carbonyl (C=O) groups excluding carboxylic acids is 3. The number of thiazole rings is 1. The summed E-state index contributed by atoms with van der Waals surface area (Å²) < 4.78 is 26.5. The summed E-state index contributed by atoms with van der Waals surface area (Å²) in [5, 5.41) is 5.47. The molecule has 1 heterocycles. The summed E-state index contributed by atoms with van der Waals surface area (Å²) in [6, 6.07) is 2.03. The first-order chi connectivity index (χ1) is 13.2. The van der Waals surface area contributed by atoms with Crippen molar-refractivity contribution >= 4 is 34.1 Å². The molecule has 150 valence electrons. The summed E-state index contributed by atoms with van der Waals surface area (Å²) in [6.45, 7) is 4.95. The summed E-state index contributed by atoms with van der Waals surface area (Å²) in [7, 11) is 0.